The summed E-state index contributed by atoms with van der Waals surface area (Å²) in [6.07, 6.45) is 0. The van der Waals surface area contributed by atoms with Crippen molar-refractivity contribution in [1.82, 2.24) is 5.32 Å². The van der Waals surface area contributed by atoms with Crippen LogP contribution >= 0.6 is 0 Å². The normalized spacial score (nSPS) is 24.9. The number of carboxylic acids is 2. The molecule has 0 saturated heterocycles. The molecule has 1 aliphatic carbocycles. The molecule has 2 rings (SSSR count). The van der Waals surface area contributed by atoms with E-state index in [2.05, 4.69) is 5.32 Å². The van der Waals surface area contributed by atoms with Crippen LogP contribution in [0.1, 0.15) is 10.4 Å². The Hall–Kier alpha value is -2.41. The third-order valence-corrected chi connectivity index (χ3v) is 3.75. The van der Waals surface area contributed by atoms with E-state index in [1.54, 1.807) is 30.3 Å². The van der Waals surface area contributed by atoms with Crippen LogP contribution in [0.2, 0.25) is 0 Å². The SMILES string of the molecule is NC(C(=O)O)C1C(CNC(=O)c2ccccc2)C1C(=O)O. The van der Waals surface area contributed by atoms with Crippen molar-refractivity contribution in [3.63, 3.8) is 0 Å². The number of amides is 1. The first kappa shape index (κ1) is 15.0. The summed E-state index contributed by atoms with van der Waals surface area (Å²) >= 11 is 0. The van der Waals surface area contributed by atoms with E-state index in [1.165, 1.54) is 0 Å². The number of nitrogens with one attached hydrogen (secondary N) is 1. The Morgan fingerprint density at radius 1 is 1.19 bits per heavy atom. The summed E-state index contributed by atoms with van der Waals surface area (Å²) in [5, 5.41) is 20.5. The molecular formula is C14H16N2O5. The van der Waals surface area contributed by atoms with Crippen LogP contribution in [-0.4, -0.2) is 40.6 Å². The van der Waals surface area contributed by atoms with E-state index >= 15 is 0 Å². The first-order valence-corrected chi connectivity index (χ1v) is 6.48. The highest BCUT2D eigenvalue weighted by Crippen LogP contribution is 2.47. The Kier molecular flexibility index (Phi) is 4.23. The zero-order chi connectivity index (χ0) is 15.6. The minimum Gasteiger partial charge on any atom is -0.481 e. The molecule has 1 saturated carbocycles. The number of rotatable bonds is 6. The van der Waals surface area contributed by atoms with Crippen LogP contribution in [0.3, 0.4) is 0 Å². The van der Waals surface area contributed by atoms with Crippen LogP contribution in [-0.2, 0) is 9.59 Å². The number of carbonyl (C=O) groups excluding carboxylic acids is 1. The lowest BCUT2D eigenvalue weighted by Crippen LogP contribution is -2.35. The standard InChI is InChI=1S/C14H16N2O5/c15-11(14(20)21)9-8(10(9)13(18)19)6-16-12(17)7-4-2-1-3-5-7/h1-5,8-11H,6,15H2,(H,16,17)(H,18,19)(H,20,21). The van der Waals surface area contributed by atoms with E-state index in [1.807, 2.05) is 0 Å². The van der Waals surface area contributed by atoms with E-state index in [0.29, 0.717) is 5.56 Å². The molecule has 1 fully saturated rings. The van der Waals surface area contributed by atoms with Crippen molar-refractivity contribution in [1.29, 1.82) is 0 Å². The Balaban J connectivity index is 1.95. The zero-order valence-corrected chi connectivity index (χ0v) is 11.1. The topological polar surface area (TPSA) is 130 Å². The fourth-order valence-electron chi connectivity index (χ4n) is 2.57. The van der Waals surface area contributed by atoms with Gasteiger partial charge in [-0.1, -0.05) is 18.2 Å². The van der Waals surface area contributed by atoms with Gasteiger partial charge in [-0.25, -0.2) is 0 Å². The lowest BCUT2D eigenvalue weighted by molar-refractivity contribution is -0.140. The van der Waals surface area contributed by atoms with Crippen LogP contribution in [0.15, 0.2) is 30.3 Å². The monoisotopic (exact) mass is 292 g/mol. The molecule has 21 heavy (non-hydrogen) atoms. The summed E-state index contributed by atoms with van der Waals surface area (Å²) in [4.78, 5) is 33.8. The highest BCUT2D eigenvalue weighted by atomic mass is 16.4. The third-order valence-electron chi connectivity index (χ3n) is 3.75. The Labute approximate surface area is 120 Å². The van der Waals surface area contributed by atoms with Gasteiger partial charge in [-0.05, 0) is 18.1 Å². The van der Waals surface area contributed by atoms with Gasteiger partial charge < -0.3 is 21.3 Å². The maximum atomic E-state index is 11.9. The van der Waals surface area contributed by atoms with Crippen molar-refractivity contribution in [3.05, 3.63) is 35.9 Å². The molecule has 1 aromatic carbocycles. The Morgan fingerprint density at radius 2 is 1.81 bits per heavy atom. The molecule has 0 heterocycles. The summed E-state index contributed by atoms with van der Waals surface area (Å²) < 4.78 is 0. The van der Waals surface area contributed by atoms with Gasteiger partial charge in [-0.3, -0.25) is 14.4 Å². The minimum absolute atomic E-state index is 0.0936. The number of hydrogen-bond acceptors (Lipinski definition) is 4. The van der Waals surface area contributed by atoms with E-state index in [-0.39, 0.29) is 12.5 Å². The maximum absolute atomic E-state index is 11.9. The molecule has 0 spiro atoms. The van der Waals surface area contributed by atoms with Gasteiger partial charge in [0.1, 0.15) is 6.04 Å². The molecule has 7 nitrogen and oxygen atoms in total. The number of carboxylic acid groups (broad SMARTS) is 2. The number of hydrogen-bond donors (Lipinski definition) is 4. The molecule has 5 N–H and O–H groups in total. The van der Waals surface area contributed by atoms with Gasteiger partial charge in [-0.2, -0.15) is 0 Å². The van der Waals surface area contributed by atoms with Crippen molar-refractivity contribution < 1.29 is 24.6 Å². The summed E-state index contributed by atoms with van der Waals surface area (Å²) in [5.41, 5.74) is 5.94. The van der Waals surface area contributed by atoms with Gasteiger partial charge in [-0.15, -0.1) is 0 Å². The lowest BCUT2D eigenvalue weighted by Gasteiger charge is -2.06. The van der Waals surface area contributed by atoms with Gasteiger partial charge in [0.15, 0.2) is 0 Å². The van der Waals surface area contributed by atoms with Crippen LogP contribution in [0.5, 0.6) is 0 Å². The molecule has 112 valence electrons. The predicted octanol–water partition coefficient (Wildman–Crippen LogP) is -0.225. The molecule has 1 aliphatic rings. The molecular weight excluding hydrogens is 276 g/mol. The largest absolute Gasteiger partial charge is 0.481 e. The molecule has 0 aliphatic heterocycles. The molecule has 4 atom stereocenters. The minimum atomic E-state index is -1.23. The van der Waals surface area contributed by atoms with Gasteiger partial charge in [0.05, 0.1) is 5.92 Å². The Bertz CT molecular complexity index is 560. The van der Waals surface area contributed by atoms with Crippen LogP contribution in [0.4, 0.5) is 0 Å². The highest BCUT2D eigenvalue weighted by Gasteiger charge is 2.59. The molecule has 4 unspecified atom stereocenters. The van der Waals surface area contributed by atoms with Crippen molar-refractivity contribution in [2.24, 2.45) is 23.5 Å². The van der Waals surface area contributed by atoms with Gasteiger partial charge in [0.2, 0.25) is 0 Å². The second kappa shape index (κ2) is 5.92. The van der Waals surface area contributed by atoms with E-state index in [9.17, 15) is 14.4 Å². The third kappa shape index (κ3) is 3.19. The average molecular weight is 292 g/mol. The molecule has 0 radical (unpaired) electrons. The molecule has 1 aromatic rings. The summed E-state index contributed by atoms with van der Waals surface area (Å²) in [6, 6.07) is 7.25. The number of aliphatic carboxylic acids is 2. The average Bonchev–Trinajstić information content (AvgIpc) is 3.19. The van der Waals surface area contributed by atoms with Crippen molar-refractivity contribution in [2.75, 3.05) is 6.54 Å². The first-order chi connectivity index (χ1) is 9.93. The van der Waals surface area contributed by atoms with Gasteiger partial charge in [0.25, 0.3) is 5.91 Å². The summed E-state index contributed by atoms with van der Waals surface area (Å²) in [6.45, 7) is 0.0936. The van der Waals surface area contributed by atoms with Gasteiger partial charge >= 0.3 is 11.9 Å². The van der Waals surface area contributed by atoms with Crippen LogP contribution in [0, 0.1) is 17.8 Å². The fourth-order valence-corrected chi connectivity index (χ4v) is 2.57. The van der Waals surface area contributed by atoms with E-state index in [4.69, 9.17) is 15.9 Å². The summed E-state index contributed by atoms with van der Waals surface area (Å²) in [5.74, 6) is -4.59. The number of benzene rings is 1. The number of nitrogens with two attached hydrogens (primary N) is 1. The quantitative estimate of drug-likeness (QED) is 0.573. The van der Waals surface area contributed by atoms with Crippen molar-refractivity contribution >= 4 is 17.8 Å². The second-order valence-electron chi connectivity index (χ2n) is 5.05. The molecule has 1 amide bonds. The highest BCUT2D eigenvalue weighted by molar-refractivity contribution is 5.94. The van der Waals surface area contributed by atoms with Gasteiger partial charge in [0, 0.05) is 18.0 Å². The first-order valence-electron chi connectivity index (χ1n) is 6.48. The molecule has 0 bridgehead atoms. The molecule has 0 aromatic heterocycles. The maximum Gasteiger partial charge on any atom is 0.320 e. The van der Waals surface area contributed by atoms with Crippen molar-refractivity contribution in [2.45, 2.75) is 6.04 Å². The Morgan fingerprint density at radius 3 is 2.33 bits per heavy atom. The zero-order valence-electron chi connectivity index (χ0n) is 11.1. The fraction of sp³-hybridized carbons (Fsp3) is 0.357. The van der Waals surface area contributed by atoms with E-state index in [0.717, 1.165) is 0 Å². The smallest absolute Gasteiger partial charge is 0.320 e. The number of carbonyl (C=O) groups is 3. The second-order valence-corrected chi connectivity index (χ2v) is 5.05. The van der Waals surface area contributed by atoms with Crippen LogP contribution < -0.4 is 11.1 Å². The lowest BCUT2D eigenvalue weighted by atomic mass is 10.1. The van der Waals surface area contributed by atoms with E-state index < -0.39 is 35.7 Å². The predicted molar refractivity (Wildman–Crippen MR) is 72.5 cm³/mol. The molecule has 7 heteroatoms. The van der Waals surface area contributed by atoms with Crippen LogP contribution in [0.25, 0.3) is 0 Å². The summed E-state index contributed by atoms with van der Waals surface area (Å²) in [7, 11) is 0. The van der Waals surface area contributed by atoms with Crippen molar-refractivity contribution in [3.8, 4) is 0 Å².